The normalized spacial score (nSPS) is 17.2. The number of ether oxygens (including phenoxy) is 5. The molecule has 0 radical (unpaired) electrons. The number of esters is 2. The van der Waals surface area contributed by atoms with Crippen LogP contribution in [0.15, 0.2) is 77.6 Å². The van der Waals surface area contributed by atoms with Gasteiger partial charge in [-0.25, -0.2) is 14.4 Å². The quantitative estimate of drug-likeness (QED) is 0.137. The summed E-state index contributed by atoms with van der Waals surface area (Å²) in [5.74, 6) is -0.207. The zero-order valence-corrected chi connectivity index (χ0v) is 34.3. The number of hydrogen-bond donors (Lipinski definition) is 0. The number of morpholine rings is 2. The minimum absolute atomic E-state index is 0.0136. The third-order valence-corrected chi connectivity index (χ3v) is 9.74. The van der Waals surface area contributed by atoms with Gasteiger partial charge in [-0.1, -0.05) is 0 Å². The first kappa shape index (κ1) is 41.2. The molecule has 2 saturated heterocycles. The number of benzene rings is 2. The summed E-state index contributed by atoms with van der Waals surface area (Å²) in [4.78, 5) is 66.4. The molecule has 0 spiro atoms. The van der Waals surface area contributed by atoms with E-state index in [9.17, 15) is 24.0 Å². The van der Waals surface area contributed by atoms with Crippen LogP contribution >= 0.6 is 15.9 Å². The highest BCUT2D eigenvalue weighted by Gasteiger charge is 2.26. The Morgan fingerprint density at radius 2 is 1.26 bits per heavy atom. The minimum Gasteiger partial charge on any atom is -0.465 e. The third kappa shape index (κ3) is 9.24. The van der Waals surface area contributed by atoms with Crippen LogP contribution in [-0.2, 0) is 23.7 Å². The molecular formula is C41H44BrN3O12. The predicted octanol–water partition coefficient (Wildman–Crippen LogP) is 6.62. The van der Waals surface area contributed by atoms with E-state index in [2.05, 4.69) is 15.9 Å². The van der Waals surface area contributed by atoms with Gasteiger partial charge in [0.1, 0.15) is 11.2 Å². The molecule has 2 aliphatic rings. The van der Waals surface area contributed by atoms with E-state index in [1.165, 1.54) is 43.1 Å². The van der Waals surface area contributed by atoms with Crippen molar-refractivity contribution >= 4 is 67.7 Å². The fourth-order valence-corrected chi connectivity index (χ4v) is 7.07. The van der Waals surface area contributed by atoms with Crippen molar-refractivity contribution in [2.75, 3.05) is 63.4 Å². The third-order valence-electron chi connectivity index (χ3n) is 9.15. The number of carbonyl (C=O) groups is 3. The summed E-state index contributed by atoms with van der Waals surface area (Å²) in [6, 6.07) is 12.3. The van der Waals surface area contributed by atoms with Crippen molar-refractivity contribution in [3.8, 4) is 11.3 Å². The SMILES string of the molecule is COC(=O)c1cc(-c2cccn2C(=O)OC(C)(C)C)c2oc(N3CCO[C@H](C)C3)cc(=O)c2c1.COC(=O)c1cc(Br)c2oc(N3CCO[C@H](C)C3)cc(=O)c2c1. The lowest BCUT2D eigenvalue weighted by Gasteiger charge is -2.31. The fraction of sp³-hybridized carbons (Fsp3) is 0.390. The first-order valence-corrected chi connectivity index (χ1v) is 19.1. The maximum atomic E-state index is 13.1. The van der Waals surface area contributed by atoms with Gasteiger partial charge in [-0.05, 0) is 86.9 Å². The molecule has 0 N–H and O–H groups in total. The number of anilines is 2. The van der Waals surface area contributed by atoms with Crippen LogP contribution in [0.4, 0.5) is 16.6 Å². The van der Waals surface area contributed by atoms with Gasteiger partial charge in [-0.2, -0.15) is 0 Å². The van der Waals surface area contributed by atoms with E-state index >= 15 is 0 Å². The number of carbonyl (C=O) groups excluding carboxylic acids is 3. The van der Waals surface area contributed by atoms with Crippen molar-refractivity contribution in [1.29, 1.82) is 0 Å². The van der Waals surface area contributed by atoms with Crippen molar-refractivity contribution < 1.29 is 46.9 Å². The molecule has 0 unspecified atom stereocenters. The van der Waals surface area contributed by atoms with Gasteiger partial charge in [-0.15, -0.1) is 0 Å². The average Bonchev–Trinajstić information content (AvgIpc) is 3.67. The van der Waals surface area contributed by atoms with Crippen molar-refractivity contribution in [1.82, 2.24) is 4.57 Å². The summed E-state index contributed by atoms with van der Waals surface area (Å²) in [6.07, 6.45) is 1.03. The van der Waals surface area contributed by atoms with Gasteiger partial charge in [0, 0.05) is 50.1 Å². The maximum absolute atomic E-state index is 13.1. The van der Waals surface area contributed by atoms with Crippen LogP contribution in [0.1, 0.15) is 55.3 Å². The van der Waals surface area contributed by atoms with Crippen molar-refractivity contribution in [3.05, 3.63) is 90.8 Å². The lowest BCUT2D eigenvalue weighted by molar-refractivity contribution is 0.0516. The first-order chi connectivity index (χ1) is 27.1. The van der Waals surface area contributed by atoms with Gasteiger partial charge in [0.25, 0.3) is 0 Å². The number of methoxy groups -OCH3 is 2. The fourth-order valence-electron chi connectivity index (χ4n) is 6.53. The molecule has 3 aromatic heterocycles. The predicted molar refractivity (Wildman–Crippen MR) is 216 cm³/mol. The van der Waals surface area contributed by atoms with E-state index in [0.717, 1.165) is 0 Å². The summed E-state index contributed by atoms with van der Waals surface area (Å²) in [5.41, 5.74) is 0.742. The molecule has 0 aliphatic carbocycles. The molecule has 0 saturated carbocycles. The van der Waals surface area contributed by atoms with Crippen molar-refractivity contribution in [2.45, 2.75) is 52.4 Å². The summed E-state index contributed by atoms with van der Waals surface area (Å²) in [6.45, 7) is 12.8. The van der Waals surface area contributed by atoms with E-state index in [1.54, 1.807) is 51.2 Å². The van der Waals surface area contributed by atoms with E-state index < -0.39 is 23.6 Å². The summed E-state index contributed by atoms with van der Waals surface area (Å²) in [5, 5.41) is 0.546. The van der Waals surface area contributed by atoms with Crippen LogP contribution in [-0.4, -0.2) is 94.0 Å². The maximum Gasteiger partial charge on any atom is 0.418 e. The van der Waals surface area contributed by atoms with Crippen LogP contribution in [0, 0.1) is 0 Å². The Morgan fingerprint density at radius 1 is 0.754 bits per heavy atom. The Labute approximate surface area is 336 Å². The van der Waals surface area contributed by atoms with E-state index in [-0.39, 0.29) is 39.6 Å². The molecule has 5 heterocycles. The number of aromatic nitrogens is 1. The molecule has 2 aromatic carbocycles. The molecule has 0 amide bonds. The van der Waals surface area contributed by atoms with E-state index in [1.807, 2.05) is 23.6 Å². The summed E-state index contributed by atoms with van der Waals surface area (Å²) < 4.78 is 40.2. The Balaban J connectivity index is 0.000000208. The zero-order chi connectivity index (χ0) is 41.2. The molecule has 5 aromatic rings. The van der Waals surface area contributed by atoms with Crippen LogP contribution < -0.4 is 20.7 Å². The highest BCUT2D eigenvalue weighted by Crippen LogP contribution is 2.33. The molecule has 0 bridgehead atoms. The number of rotatable bonds is 5. The standard InChI is InChI=1S/C25H28N2O7.C16H16BrNO5/c1-15-14-26(9-10-32-15)21-13-20(28)18-12-16(23(29)31-5)11-17(22(18)33-21)19-7-6-8-27(19)24(30)34-25(2,3)4;1-9-8-18(3-4-22-9)14-7-13(19)11-5-10(16(20)21-2)6-12(17)15(11)23-14/h6-8,11-13,15H,9-10,14H2,1-5H3;5-7,9H,3-4,8H2,1-2H3/t15-;9-/m11/s1. The lowest BCUT2D eigenvalue weighted by Crippen LogP contribution is -2.41. The van der Waals surface area contributed by atoms with Gasteiger partial charge in [0.05, 0.1) is 71.7 Å². The summed E-state index contributed by atoms with van der Waals surface area (Å²) >= 11 is 3.37. The van der Waals surface area contributed by atoms with Crippen molar-refractivity contribution in [2.24, 2.45) is 0 Å². The summed E-state index contributed by atoms with van der Waals surface area (Å²) in [7, 11) is 2.56. The Bertz CT molecular complexity index is 2450. The largest absolute Gasteiger partial charge is 0.465 e. The molecule has 2 fully saturated rings. The minimum atomic E-state index is -0.707. The second-order valence-electron chi connectivity index (χ2n) is 14.6. The van der Waals surface area contributed by atoms with Crippen LogP contribution in [0.5, 0.6) is 0 Å². The zero-order valence-electron chi connectivity index (χ0n) is 32.7. The number of nitrogens with zero attached hydrogens (tertiary/aromatic N) is 3. The van der Waals surface area contributed by atoms with Crippen LogP contribution in [0.3, 0.4) is 0 Å². The van der Waals surface area contributed by atoms with Gasteiger partial charge < -0.3 is 42.3 Å². The second-order valence-corrected chi connectivity index (χ2v) is 15.5. The second kappa shape index (κ2) is 17.0. The smallest absolute Gasteiger partial charge is 0.418 e. The van der Waals surface area contributed by atoms with Crippen LogP contribution in [0.25, 0.3) is 33.2 Å². The Hall–Kier alpha value is -5.45. The molecule has 302 valence electrons. The van der Waals surface area contributed by atoms with E-state index in [0.29, 0.717) is 83.4 Å². The van der Waals surface area contributed by atoms with Gasteiger partial charge in [0.2, 0.25) is 0 Å². The van der Waals surface area contributed by atoms with Gasteiger partial charge >= 0.3 is 18.0 Å². The highest BCUT2D eigenvalue weighted by molar-refractivity contribution is 9.10. The molecule has 15 nitrogen and oxygen atoms in total. The highest BCUT2D eigenvalue weighted by atomic mass is 79.9. The lowest BCUT2D eigenvalue weighted by atomic mass is 10.0. The topological polar surface area (TPSA) is 169 Å². The van der Waals surface area contributed by atoms with Gasteiger partial charge in [-0.3, -0.25) is 14.2 Å². The molecular weight excluding hydrogens is 806 g/mol. The Morgan fingerprint density at radius 3 is 1.77 bits per heavy atom. The average molecular weight is 851 g/mol. The van der Waals surface area contributed by atoms with Crippen LogP contribution in [0.2, 0.25) is 0 Å². The first-order valence-electron chi connectivity index (χ1n) is 18.3. The van der Waals surface area contributed by atoms with Gasteiger partial charge in [0.15, 0.2) is 28.2 Å². The number of fused-ring (bicyclic) bond motifs is 2. The monoisotopic (exact) mass is 849 g/mol. The molecule has 16 heteroatoms. The number of halogens is 1. The number of hydrogen-bond acceptors (Lipinski definition) is 14. The molecule has 57 heavy (non-hydrogen) atoms. The van der Waals surface area contributed by atoms with Crippen molar-refractivity contribution in [3.63, 3.8) is 0 Å². The molecule has 2 atom stereocenters. The van der Waals surface area contributed by atoms with E-state index in [4.69, 9.17) is 32.5 Å². The molecule has 7 rings (SSSR count). The Kier molecular flexibility index (Phi) is 12.3. The molecule has 2 aliphatic heterocycles.